The van der Waals surface area contributed by atoms with Crippen LogP contribution in [0.5, 0.6) is 0 Å². The van der Waals surface area contributed by atoms with E-state index in [0.717, 1.165) is 0 Å². The third kappa shape index (κ3) is 3.72. The molecule has 0 aliphatic carbocycles. The highest BCUT2D eigenvalue weighted by molar-refractivity contribution is 6.33. The summed E-state index contributed by atoms with van der Waals surface area (Å²) in [5.74, 6) is -0.568. The first-order valence-electron chi connectivity index (χ1n) is 8.37. The molecule has 2 aromatic rings. The zero-order valence-electron chi connectivity index (χ0n) is 14.6. The van der Waals surface area contributed by atoms with Gasteiger partial charge >= 0.3 is 5.97 Å². The van der Waals surface area contributed by atoms with Gasteiger partial charge in [0.15, 0.2) is 0 Å². The fraction of sp³-hybridized carbons (Fsp3) is 0.412. The molecule has 10 heteroatoms. The monoisotopic (exact) mass is 412 g/mol. The highest BCUT2D eigenvalue weighted by Crippen LogP contribution is 2.28. The Morgan fingerprint density at radius 2 is 1.93 bits per heavy atom. The van der Waals surface area contributed by atoms with Crippen LogP contribution in [0.1, 0.15) is 17.3 Å². The lowest BCUT2D eigenvalue weighted by molar-refractivity contribution is -0.129. The van der Waals surface area contributed by atoms with E-state index in [4.69, 9.17) is 23.2 Å². The number of halogens is 2. The van der Waals surface area contributed by atoms with Crippen LogP contribution in [0.2, 0.25) is 5.02 Å². The van der Waals surface area contributed by atoms with Crippen molar-refractivity contribution in [3.05, 3.63) is 33.1 Å². The van der Waals surface area contributed by atoms with Crippen molar-refractivity contribution in [2.75, 3.05) is 37.0 Å². The van der Waals surface area contributed by atoms with Crippen LogP contribution in [0.25, 0.3) is 11.0 Å². The highest BCUT2D eigenvalue weighted by atomic mass is 35.5. The fourth-order valence-corrected chi connectivity index (χ4v) is 3.60. The summed E-state index contributed by atoms with van der Waals surface area (Å²) in [6.07, 6.45) is 1.26. The largest absolute Gasteiger partial charge is 0.477 e. The van der Waals surface area contributed by atoms with Gasteiger partial charge in [0.05, 0.1) is 10.4 Å². The second-order valence-electron chi connectivity index (χ2n) is 6.22. The van der Waals surface area contributed by atoms with Crippen LogP contribution >= 0.6 is 23.2 Å². The number of fused-ring (bicyclic) bond motifs is 1. The molecular weight excluding hydrogens is 395 g/mol. The van der Waals surface area contributed by atoms with Gasteiger partial charge in [0.1, 0.15) is 17.0 Å². The number of carboxylic acid groups (broad SMARTS) is 1. The maximum Gasteiger partial charge on any atom is 0.341 e. The SMILES string of the molecule is CC(=O)N1CCN(c2nc3c(cc2Cl)c(=O)c(C(=O)O)cn3CCCl)CC1. The molecule has 1 aliphatic heterocycles. The topological polar surface area (TPSA) is 95.7 Å². The maximum atomic E-state index is 12.5. The molecule has 27 heavy (non-hydrogen) atoms. The van der Waals surface area contributed by atoms with Gasteiger partial charge in [-0.2, -0.15) is 0 Å². The molecule has 1 aliphatic rings. The van der Waals surface area contributed by atoms with Gasteiger partial charge in [-0.15, -0.1) is 11.6 Å². The van der Waals surface area contributed by atoms with Gasteiger partial charge in [-0.3, -0.25) is 9.59 Å². The molecule has 0 bridgehead atoms. The van der Waals surface area contributed by atoms with Crippen molar-refractivity contribution in [1.29, 1.82) is 0 Å². The van der Waals surface area contributed by atoms with Crippen LogP contribution in [-0.2, 0) is 11.3 Å². The number of aromatic nitrogens is 2. The number of alkyl halides is 1. The Labute approximate surface area is 164 Å². The molecule has 0 radical (unpaired) electrons. The van der Waals surface area contributed by atoms with Crippen molar-refractivity contribution in [2.45, 2.75) is 13.5 Å². The minimum Gasteiger partial charge on any atom is -0.477 e. The summed E-state index contributed by atoms with van der Waals surface area (Å²) >= 11 is 12.2. The molecule has 1 saturated heterocycles. The summed E-state index contributed by atoms with van der Waals surface area (Å²) < 4.78 is 1.55. The molecule has 1 N–H and O–H groups in total. The first-order chi connectivity index (χ1) is 12.8. The molecule has 1 fully saturated rings. The molecule has 0 aromatic carbocycles. The van der Waals surface area contributed by atoms with Gasteiger partial charge in [0.2, 0.25) is 11.3 Å². The van der Waals surface area contributed by atoms with Crippen molar-refractivity contribution in [2.24, 2.45) is 0 Å². The van der Waals surface area contributed by atoms with E-state index in [1.54, 1.807) is 9.47 Å². The number of aryl methyl sites for hydroxylation is 1. The third-order valence-corrected chi connectivity index (χ3v) is 5.01. The predicted octanol–water partition coefficient (Wildman–Crippen LogP) is 1.66. The van der Waals surface area contributed by atoms with Crippen LogP contribution in [0.15, 0.2) is 17.1 Å². The number of carbonyl (C=O) groups is 2. The van der Waals surface area contributed by atoms with Gasteiger partial charge < -0.3 is 19.5 Å². The minimum absolute atomic E-state index is 0.0179. The van der Waals surface area contributed by atoms with Crippen LogP contribution in [0.3, 0.4) is 0 Å². The Kier molecular flexibility index (Phi) is 5.57. The lowest BCUT2D eigenvalue weighted by Gasteiger charge is -2.35. The molecule has 3 heterocycles. The van der Waals surface area contributed by atoms with E-state index in [9.17, 15) is 19.5 Å². The number of piperazine rings is 1. The number of hydrogen-bond acceptors (Lipinski definition) is 5. The fourth-order valence-electron chi connectivity index (χ4n) is 3.15. The molecule has 3 rings (SSSR count). The average Bonchev–Trinajstić information content (AvgIpc) is 2.63. The van der Waals surface area contributed by atoms with Crippen LogP contribution < -0.4 is 10.3 Å². The Bertz CT molecular complexity index is 968. The molecule has 0 saturated carbocycles. The first-order valence-corrected chi connectivity index (χ1v) is 9.28. The van der Waals surface area contributed by atoms with E-state index in [-0.39, 0.29) is 27.8 Å². The average molecular weight is 413 g/mol. The van der Waals surface area contributed by atoms with Crippen molar-refractivity contribution >= 4 is 51.9 Å². The molecule has 0 spiro atoms. The predicted molar refractivity (Wildman–Crippen MR) is 103 cm³/mol. The van der Waals surface area contributed by atoms with E-state index in [0.29, 0.717) is 44.2 Å². The quantitative estimate of drug-likeness (QED) is 0.766. The van der Waals surface area contributed by atoms with E-state index in [2.05, 4.69) is 4.98 Å². The van der Waals surface area contributed by atoms with Crippen molar-refractivity contribution in [3.63, 3.8) is 0 Å². The number of rotatable bonds is 4. The number of carboxylic acids is 1. The zero-order valence-corrected chi connectivity index (χ0v) is 16.1. The standard InChI is InChI=1S/C17H18Cl2N4O4/c1-10(24)21-4-6-22(7-5-21)16-13(19)8-11-14(25)12(17(26)27)9-23(3-2-18)15(11)20-16/h8-9H,2-7H2,1H3,(H,26,27). The van der Waals surface area contributed by atoms with Crippen LogP contribution in [0, 0.1) is 0 Å². The smallest absolute Gasteiger partial charge is 0.341 e. The summed E-state index contributed by atoms with van der Waals surface area (Å²) in [5.41, 5.74) is -0.655. The highest BCUT2D eigenvalue weighted by Gasteiger charge is 2.23. The lowest BCUT2D eigenvalue weighted by Crippen LogP contribution is -2.48. The van der Waals surface area contributed by atoms with E-state index in [1.807, 2.05) is 4.90 Å². The van der Waals surface area contributed by atoms with Gasteiger partial charge in [-0.25, -0.2) is 9.78 Å². The van der Waals surface area contributed by atoms with Gasteiger partial charge in [0, 0.05) is 51.7 Å². The van der Waals surface area contributed by atoms with Crippen LogP contribution in [-0.4, -0.2) is 63.5 Å². The number of anilines is 1. The number of hydrogen-bond donors (Lipinski definition) is 1. The Morgan fingerprint density at radius 3 is 2.48 bits per heavy atom. The second-order valence-corrected chi connectivity index (χ2v) is 7.00. The van der Waals surface area contributed by atoms with Gasteiger partial charge in [0.25, 0.3) is 0 Å². The summed E-state index contributed by atoms with van der Waals surface area (Å²) in [4.78, 5) is 43.6. The molecule has 144 valence electrons. The number of aromatic carboxylic acids is 1. The molecule has 8 nitrogen and oxygen atoms in total. The Hall–Kier alpha value is -2.32. The van der Waals surface area contributed by atoms with E-state index < -0.39 is 11.4 Å². The van der Waals surface area contributed by atoms with Gasteiger partial charge in [-0.1, -0.05) is 11.6 Å². The number of nitrogens with zero attached hydrogens (tertiary/aromatic N) is 4. The van der Waals surface area contributed by atoms with E-state index >= 15 is 0 Å². The Balaban J connectivity index is 2.09. The summed E-state index contributed by atoms with van der Waals surface area (Å²) in [7, 11) is 0. The van der Waals surface area contributed by atoms with Crippen molar-refractivity contribution < 1.29 is 14.7 Å². The number of carbonyl (C=O) groups excluding carboxylic acids is 1. The molecule has 2 aromatic heterocycles. The maximum absolute atomic E-state index is 12.5. The zero-order chi connectivity index (χ0) is 19.7. The van der Waals surface area contributed by atoms with Crippen molar-refractivity contribution in [3.8, 4) is 0 Å². The molecule has 0 unspecified atom stereocenters. The number of amides is 1. The van der Waals surface area contributed by atoms with E-state index in [1.165, 1.54) is 19.2 Å². The second kappa shape index (κ2) is 7.74. The first kappa shape index (κ1) is 19.4. The lowest BCUT2D eigenvalue weighted by atomic mass is 10.2. The van der Waals surface area contributed by atoms with Crippen molar-refractivity contribution in [1.82, 2.24) is 14.5 Å². The van der Waals surface area contributed by atoms with Gasteiger partial charge in [-0.05, 0) is 6.07 Å². The number of pyridine rings is 2. The van der Waals surface area contributed by atoms with Crippen LogP contribution in [0.4, 0.5) is 5.82 Å². The summed E-state index contributed by atoms with van der Waals surface area (Å²) in [6.45, 7) is 4.05. The third-order valence-electron chi connectivity index (χ3n) is 4.56. The molecule has 1 amide bonds. The normalized spacial score (nSPS) is 14.6. The minimum atomic E-state index is -1.31. The molecular formula is C17H18Cl2N4O4. The summed E-state index contributed by atoms with van der Waals surface area (Å²) in [6, 6.07) is 1.45. The summed E-state index contributed by atoms with van der Waals surface area (Å²) in [5, 5.41) is 9.67. The Morgan fingerprint density at radius 1 is 1.26 bits per heavy atom. The molecule has 0 atom stereocenters.